The van der Waals surface area contributed by atoms with Crippen LogP contribution in [0.1, 0.15) is 6.42 Å². The Morgan fingerprint density at radius 3 is 2.43 bits per heavy atom. The van der Waals surface area contributed by atoms with E-state index in [9.17, 15) is 22.4 Å². The third-order valence-electron chi connectivity index (χ3n) is 2.79. The molecule has 2 aromatic rings. The number of rotatable bonds is 6. The first kappa shape index (κ1) is 15.1. The maximum atomic E-state index is 12.7. The molecule has 0 unspecified atom stereocenters. The molecule has 0 radical (unpaired) electrons. The van der Waals surface area contributed by atoms with Gasteiger partial charge in [-0.1, -0.05) is 0 Å². The van der Waals surface area contributed by atoms with Crippen LogP contribution in [0.2, 0.25) is 0 Å². The summed E-state index contributed by atoms with van der Waals surface area (Å²) in [6, 6.07) is 6.04. The van der Waals surface area contributed by atoms with Crippen molar-refractivity contribution in [3.05, 3.63) is 47.1 Å². The van der Waals surface area contributed by atoms with Gasteiger partial charge in [0, 0.05) is 12.4 Å². The summed E-state index contributed by atoms with van der Waals surface area (Å²) in [7, 11) is 0. The summed E-state index contributed by atoms with van der Waals surface area (Å²) in [6.07, 6.45) is -1.77. The maximum absolute atomic E-state index is 12.7. The fourth-order valence-corrected chi connectivity index (χ4v) is 1.64. The van der Waals surface area contributed by atoms with Gasteiger partial charge in [-0.3, -0.25) is 4.57 Å². The minimum absolute atomic E-state index is 0.257. The highest BCUT2D eigenvalue weighted by atomic mass is 19.3. The summed E-state index contributed by atoms with van der Waals surface area (Å²) >= 11 is 0. The van der Waals surface area contributed by atoms with Crippen molar-refractivity contribution in [3.8, 4) is 11.4 Å². The summed E-state index contributed by atoms with van der Waals surface area (Å²) in [4.78, 5) is 13.8. The van der Waals surface area contributed by atoms with Crippen molar-refractivity contribution in [1.82, 2.24) is 9.55 Å². The zero-order chi connectivity index (χ0) is 15.5. The molecule has 4 nitrogen and oxygen atoms in total. The molecule has 0 bridgehead atoms. The number of halogens is 4. The normalized spacial score (nSPS) is 11.9. The Bertz CT molecular complexity index is 634. The molecule has 0 saturated carbocycles. The molecular weight excluding hydrogens is 292 g/mol. The highest BCUT2D eigenvalue weighted by Crippen LogP contribution is 2.26. The Balaban J connectivity index is 1.95. The highest BCUT2D eigenvalue weighted by molar-refractivity contribution is 5.37. The Morgan fingerprint density at radius 2 is 1.90 bits per heavy atom. The van der Waals surface area contributed by atoms with Crippen molar-refractivity contribution >= 4 is 0 Å². The number of aromatic nitrogens is 2. The summed E-state index contributed by atoms with van der Waals surface area (Å²) in [5, 5.41) is 0. The minimum Gasteiger partial charge on any atom is -0.493 e. The summed E-state index contributed by atoms with van der Waals surface area (Å²) in [5.41, 5.74) is 0.242. The molecule has 114 valence electrons. The number of nitrogens with zero attached hydrogens (tertiary/aromatic N) is 1. The molecule has 0 atom stereocenters. The van der Waals surface area contributed by atoms with E-state index in [1.54, 1.807) is 12.1 Å². The quantitative estimate of drug-likeness (QED) is 0.834. The van der Waals surface area contributed by atoms with Crippen molar-refractivity contribution in [3.63, 3.8) is 0 Å². The average molecular weight is 304 g/mol. The van der Waals surface area contributed by atoms with E-state index in [1.165, 1.54) is 29.1 Å². The number of ether oxygens (including phenoxy) is 1. The van der Waals surface area contributed by atoms with Gasteiger partial charge in [-0.05, 0) is 24.3 Å². The molecule has 0 spiro atoms. The lowest BCUT2D eigenvalue weighted by atomic mass is 10.2. The molecule has 0 aliphatic heterocycles. The lowest BCUT2D eigenvalue weighted by Crippen LogP contribution is -2.28. The molecule has 2 rings (SSSR count). The Morgan fingerprint density at radius 1 is 1.24 bits per heavy atom. The van der Waals surface area contributed by atoms with Crippen molar-refractivity contribution in [1.29, 1.82) is 0 Å². The van der Waals surface area contributed by atoms with E-state index >= 15 is 0 Å². The first-order valence-corrected chi connectivity index (χ1v) is 6.05. The fourth-order valence-electron chi connectivity index (χ4n) is 1.64. The van der Waals surface area contributed by atoms with E-state index in [0.717, 1.165) is 0 Å². The van der Waals surface area contributed by atoms with Gasteiger partial charge in [-0.15, -0.1) is 0 Å². The second-order valence-electron chi connectivity index (χ2n) is 4.29. The SMILES string of the molecule is O=c1[nH]ccn1-c1ccc(OCCC(F)(F)C(F)F)cc1. The van der Waals surface area contributed by atoms with Crippen LogP contribution in [-0.2, 0) is 0 Å². The number of benzene rings is 1. The molecule has 0 fully saturated rings. The number of aromatic amines is 1. The summed E-state index contributed by atoms with van der Waals surface area (Å²) in [5.74, 6) is -3.80. The van der Waals surface area contributed by atoms with Crippen LogP contribution in [-0.4, -0.2) is 28.5 Å². The molecule has 8 heteroatoms. The first-order chi connectivity index (χ1) is 9.90. The Kier molecular flexibility index (Phi) is 4.35. The van der Waals surface area contributed by atoms with E-state index in [2.05, 4.69) is 4.98 Å². The second kappa shape index (κ2) is 6.02. The number of imidazole rings is 1. The van der Waals surface area contributed by atoms with Crippen molar-refractivity contribution in [2.75, 3.05) is 6.61 Å². The van der Waals surface area contributed by atoms with Gasteiger partial charge in [0.2, 0.25) is 0 Å². The maximum Gasteiger partial charge on any atom is 0.330 e. The molecule has 1 aromatic heterocycles. The molecule has 0 aliphatic carbocycles. The lowest BCUT2D eigenvalue weighted by Gasteiger charge is -2.15. The third-order valence-corrected chi connectivity index (χ3v) is 2.79. The second-order valence-corrected chi connectivity index (χ2v) is 4.29. The van der Waals surface area contributed by atoms with Crippen LogP contribution in [0.4, 0.5) is 17.6 Å². The third kappa shape index (κ3) is 3.65. The van der Waals surface area contributed by atoms with Gasteiger partial charge in [0.15, 0.2) is 0 Å². The number of alkyl halides is 4. The minimum atomic E-state index is -4.06. The molecule has 1 heterocycles. The average Bonchev–Trinajstić information content (AvgIpc) is 2.85. The van der Waals surface area contributed by atoms with Crippen LogP contribution in [0.3, 0.4) is 0 Å². The topological polar surface area (TPSA) is 47.0 Å². The zero-order valence-electron chi connectivity index (χ0n) is 10.7. The van der Waals surface area contributed by atoms with E-state index in [0.29, 0.717) is 5.69 Å². The van der Waals surface area contributed by atoms with Crippen LogP contribution >= 0.6 is 0 Å². The summed E-state index contributed by atoms with van der Waals surface area (Å²) < 4.78 is 55.6. The number of H-pyrrole nitrogens is 1. The lowest BCUT2D eigenvalue weighted by molar-refractivity contribution is -0.137. The molecule has 1 N–H and O–H groups in total. The molecule has 21 heavy (non-hydrogen) atoms. The Labute approximate surface area is 117 Å². The van der Waals surface area contributed by atoms with E-state index in [-0.39, 0.29) is 11.4 Å². The monoisotopic (exact) mass is 304 g/mol. The van der Waals surface area contributed by atoms with Crippen molar-refractivity contribution in [2.45, 2.75) is 18.8 Å². The number of nitrogens with one attached hydrogen (secondary N) is 1. The number of hydrogen-bond donors (Lipinski definition) is 1. The van der Waals surface area contributed by atoms with Gasteiger partial charge >= 0.3 is 18.0 Å². The molecule has 1 aromatic carbocycles. The van der Waals surface area contributed by atoms with Crippen LogP contribution in [0, 0.1) is 0 Å². The van der Waals surface area contributed by atoms with Gasteiger partial charge in [-0.25, -0.2) is 22.4 Å². The van der Waals surface area contributed by atoms with Gasteiger partial charge in [0.25, 0.3) is 0 Å². The predicted molar refractivity (Wildman–Crippen MR) is 67.5 cm³/mol. The van der Waals surface area contributed by atoms with Crippen molar-refractivity contribution < 1.29 is 22.3 Å². The predicted octanol–water partition coefficient (Wildman–Crippen LogP) is 2.83. The van der Waals surface area contributed by atoms with E-state index in [4.69, 9.17) is 4.74 Å². The van der Waals surface area contributed by atoms with E-state index < -0.39 is 25.4 Å². The van der Waals surface area contributed by atoms with Gasteiger partial charge < -0.3 is 9.72 Å². The van der Waals surface area contributed by atoms with Gasteiger partial charge in [0.1, 0.15) is 5.75 Å². The molecular formula is C13H12F4N2O2. The van der Waals surface area contributed by atoms with Crippen LogP contribution in [0.25, 0.3) is 5.69 Å². The fraction of sp³-hybridized carbons (Fsp3) is 0.308. The summed E-state index contributed by atoms with van der Waals surface area (Å²) in [6.45, 7) is -0.527. The van der Waals surface area contributed by atoms with Crippen LogP contribution < -0.4 is 10.4 Å². The highest BCUT2D eigenvalue weighted by Gasteiger charge is 2.40. The number of hydrogen-bond acceptors (Lipinski definition) is 2. The smallest absolute Gasteiger partial charge is 0.330 e. The largest absolute Gasteiger partial charge is 0.493 e. The molecule has 0 aliphatic rings. The standard InChI is InChI=1S/C13H12F4N2O2/c14-11(15)13(16,17)5-8-21-10-3-1-9(2-4-10)19-7-6-18-12(19)20/h1-4,6-7,11H,5,8H2,(H,18,20). The van der Waals surface area contributed by atoms with E-state index in [1.807, 2.05) is 0 Å². The molecule has 0 amide bonds. The van der Waals surface area contributed by atoms with Gasteiger partial charge in [-0.2, -0.15) is 0 Å². The molecule has 0 saturated heterocycles. The zero-order valence-corrected chi connectivity index (χ0v) is 10.7. The first-order valence-electron chi connectivity index (χ1n) is 6.05. The van der Waals surface area contributed by atoms with Gasteiger partial charge in [0.05, 0.1) is 18.7 Å². The van der Waals surface area contributed by atoms with Crippen LogP contribution in [0.5, 0.6) is 5.75 Å². The van der Waals surface area contributed by atoms with Crippen molar-refractivity contribution in [2.24, 2.45) is 0 Å². The Hall–Kier alpha value is -2.25. The van der Waals surface area contributed by atoms with Crippen LogP contribution in [0.15, 0.2) is 41.5 Å².